The summed E-state index contributed by atoms with van der Waals surface area (Å²) in [6.45, 7) is 4.72. The van der Waals surface area contributed by atoms with Gasteiger partial charge in [-0.2, -0.15) is 0 Å². The maximum atomic E-state index is 6.11. The van der Waals surface area contributed by atoms with Gasteiger partial charge in [0.15, 0.2) is 0 Å². The smallest absolute Gasteiger partial charge is 0.111 e. The van der Waals surface area contributed by atoms with Crippen molar-refractivity contribution < 1.29 is 0 Å². The van der Waals surface area contributed by atoms with Crippen LogP contribution in [0, 0.1) is 11.8 Å². The summed E-state index contributed by atoms with van der Waals surface area (Å²) in [5.41, 5.74) is 2.19. The van der Waals surface area contributed by atoms with Crippen molar-refractivity contribution in [3.8, 4) is 0 Å². The van der Waals surface area contributed by atoms with E-state index in [1.54, 1.807) is 0 Å². The Morgan fingerprint density at radius 2 is 1.90 bits per heavy atom. The molecule has 1 heterocycles. The number of rotatable bonds is 3. The van der Waals surface area contributed by atoms with Crippen LogP contribution in [-0.4, -0.2) is 15.4 Å². The number of hydrogen-bond acceptors (Lipinski definition) is 1. The second-order valence-corrected chi connectivity index (χ2v) is 7.36. The van der Waals surface area contributed by atoms with Gasteiger partial charge in [0.2, 0.25) is 0 Å². The summed E-state index contributed by atoms with van der Waals surface area (Å²) in [4.78, 5) is 4.78. The van der Waals surface area contributed by atoms with E-state index in [0.29, 0.717) is 11.9 Å². The number of aromatic nitrogens is 2. The number of alkyl halides is 1. The molecule has 0 spiro atoms. The zero-order valence-corrected chi connectivity index (χ0v) is 14.2. The van der Waals surface area contributed by atoms with Crippen molar-refractivity contribution in [1.29, 1.82) is 0 Å². The van der Waals surface area contributed by atoms with Crippen molar-refractivity contribution in [3.63, 3.8) is 0 Å². The van der Waals surface area contributed by atoms with E-state index in [4.69, 9.17) is 28.2 Å². The van der Waals surface area contributed by atoms with Crippen LogP contribution >= 0.6 is 23.2 Å². The van der Waals surface area contributed by atoms with E-state index >= 15 is 0 Å². The van der Waals surface area contributed by atoms with Gasteiger partial charge in [0, 0.05) is 23.4 Å². The van der Waals surface area contributed by atoms with Gasteiger partial charge in [0.25, 0.3) is 0 Å². The van der Waals surface area contributed by atoms with Gasteiger partial charge in [-0.05, 0) is 49.3 Å². The Labute approximate surface area is 136 Å². The third-order valence-corrected chi connectivity index (χ3v) is 4.99. The third kappa shape index (κ3) is 3.07. The van der Waals surface area contributed by atoms with Gasteiger partial charge in [0.05, 0.1) is 11.0 Å². The van der Waals surface area contributed by atoms with Crippen molar-refractivity contribution in [2.75, 3.05) is 5.88 Å². The third-order valence-electron chi connectivity index (χ3n) is 4.56. The minimum atomic E-state index is 0.535. The van der Waals surface area contributed by atoms with E-state index in [1.165, 1.54) is 24.8 Å². The Bertz CT molecular complexity index is 625. The number of aryl methyl sites for hydroxylation is 1. The molecular weight excluding hydrogens is 303 g/mol. The predicted octanol–water partition coefficient (Wildman–Crippen LogP) is 5.47. The molecule has 0 bridgehead atoms. The van der Waals surface area contributed by atoms with Crippen molar-refractivity contribution in [2.24, 2.45) is 11.8 Å². The van der Waals surface area contributed by atoms with E-state index in [2.05, 4.69) is 24.5 Å². The minimum absolute atomic E-state index is 0.535. The largest absolute Gasteiger partial charge is 0.325 e. The van der Waals surface area contributed by atoms with Crippen LogP contribution in [0.4, 0.5) is 0 Å². The lowest BCUT2D eigenvalue weighted by atomic mass is 9.80. The number of benzene rings is 1. The molecule has 0 radical (unpaired) electrons. The Balaban J connectivity index is 2.08. The van der Waals surface area contributed by atoms with E-state index in [-0.39, 0.29) is 0 Å². The molecule has 21 heavy (non-hydrogen) atoms. The molecule has 1 aromatic heterocycles. The summed E-state index contributed by atoms with van der Waals surface area (Å²) in [5, 5.41) is 0.745. The molecule has 2 nitrogen and oxygen atoms in total. The van der Waals surface area contributed by atoms with Gasteiger partial charge >= 0.3 is 0 Å². The first kappa shape index (κ1) is 15.2. The average Bonchev–Trinajstić information content (AvgIpc) is 2.75. The van der Waals surface area contributed by atoms with Crippen LogP contribution in [0.5, 0.6) is 0 Å². The summed E-state index contributed by atoms with van der Waals surface area (Å²) in [6, 6.07) is 6.56. The fraction of sp³-hybridized carbons (Fsp3) is 0.588. The molecule has 2 aromatic rings. The van der Waals surface area contributed by atoms with Crippen molar-refractivity contribution >= 4 is 34.2 Å². The highest BCUT2D eigenvalue weighted by atomic mass is 35.5. The number of halogens is 2. The summed E-state index contributed by atoms with van der Waals surface area (Å²) in [6.07, 6.45) is 4.61. The monoisotopic (exact) mass is 324 g/mol. The zero-order valence-electron chi connectivity index (χ0n) is 12.6. The highest BCUT2D eigenvalue weighted by Crippen LogP contribution is 2.38. The Morgan fingerprint density at radius 1 is 1.19 bits per heavy atom. The van der Waals surface area contributed by atoms with Crippen molar-refractivity contribution in [1.82, 2.24) is 9.55 Å². The molecule has 1 aliphatic rings. The van der Waals surface area contributed by atoms with Crippen LogP contribution in [-0.2, 0) is 6.42 Å². The average molecular weight is 325 g/mol. The number of hydrogen-bond donors (Lipinski definition) is 0. The second-order valence-electron chi connectivity index (χ2n) is 6.54. The highest BCUT2D eigenvalue weighted by Gasteiger charge is 2.27. The molecular formula is C17H22Cl2N2. The molecule has 0 amide bonds. The molecule has 1 saturated carbocycles. The molecule has 3 rings (SSSR count). The Morgan fingerprint density at radius 3 is 2.57 bits per heavy atom. The van der Waals surface area contributed by atoms with Crippen LogP contribution in [0.3, 0.4) is 0 Å². The van der Waals surface area contributed by atoms with Gasteiger partial charge in [-0.1, -0.05) is 25.4 Å². The molecule has 1 aliphatic carbocycles. The fourth-order valence-electron chi connectivity index (χ4n) is 3.91. The second kappa shape index (κ2) is 6.18. The van der Waals surface area contributed by atoms with Gasteiger partial charge < -0.3 is 4.57 Å². The van der Waals surface area contributed by atoms with Crippen LogP contribution in [0.1, 0.15) is 45.0 Å². The summed E-state index contributed by atoms with van der Waals surface area (Å²) in [7, 11) is 0. The first-order chi connectivity index (χ1) is 10.1. The van der Waals surface area contributed by atoms with Crippen LogP contribution in [0.15, 0.2) is 18.2 Å². The minimum Gasteiger partial charge on any atom is -0.325 e. The van der Waals surface area contributed by atoms with Crippen molar-refractivity contribution in [2.45, 2.75) is 45.6 Å². The highest BCUT2D eigenvalue weighted by molar-refractivity contribution is 6.31. The van der Waals surface area contributed by atoms with Gasteiger partial charge in [0.1, 0.15) is 5.82 Å². The molecule has 0 saturated heterocycles. The summed E-state index contributed by atoms with van der Waals surface area (Å²) >= 11 is 12.1. The molecule has 4 heteroatoms. The maximum absolute atomic E-state index is 6.11. The standard InChI is InChI=1S/C17H22Cl2N2/c1-11-7-12(2)9-14(8-11)21-16-4-3-13(19)10-15(16)20-17(21)5-6-18/h3-4,10-12,14H,5-9H2,1-2H3. The van der Waals surface area contributed by atoms with E-state index in [1.807, 2.05) is 12.1 Å². The van der Waals surface area contributed by atoms with E-state index < -0.39 is 0 Å². The van der Waals surface area contributed by atoms with Crippen LogP contribution < -0.4 is 0 Å². The summed E-state index contributed by atoms with van der Waals surface area (Å²) in [5.74, 6) is 3.25. The molecule has 0 N–H and O–H groups in total. The van der Waals surface area contributed by atoms with Crippen LogP contribution in [0.25, 0.3) is 11.0 Å². The van der Waals surface area contributed by atoms with Crippen molar-refractivity contribution in [3.05, 3.63) is 29.0 Å². The topological polar surface area (TPSA) is 17.8 Å². The molecule has 2 unspecified atom stereocenters. The van der Waals surface area contributed by atoms with Gasteiger partial charge in [-0.15, -0.1) is 11.6 Å². The van der Waals surface area contributed by atoms with E-state index in [9.17, 15) is 0 Å². The Kier molecular flexibility index (Phi) is 4.46. The molecule has 0 aliphatic heterocycles. The van der Waals surface area contributed by atoms with E-state index in [0.717, 1.165) is 34.6 Å². The predicted molar refractivity (Wildman–Crippen MR) is 90.4 cm³/mol. The zero-order chi connectivity index (χ0) is 15.0. The van der Waals surface area contributed by atoms with Crippen LogP contribution in [0.2, 0.25) is 5.02 Å². The lowest BCUT2D eigenvalue weighted by Gasteiger charge is -2.33. The normalized spacial score (nSPS) is 26.4. The van der Waals surface area contributed by atoms with Gasteiger partial charge in [-0.3, -0.25) is 0 Å². The summed E-state index contributed by atoms with van der Waals surface area (Å²) < 4.78 is 2.43. The number of imidazole rings is 1. The first-order valence-electron chi connectivity index (χ1n) is 7.80. The molecule has 114 valence electrons. The lowest BCUT2D eigenvalue weighted by Crippen LogP contribution is -2.24. The maximum Gasteiger partial charge on any atom is 0.111 e. The lowest BCUT2D eigenvalue weighted by molar-refractivity contribution is 0.222. The fourth-order valence-corrected chi connectivity index (χ4v) is 4.24. The number of nitrogens with zero attached hydrogens (tertiary/aromatic N) is 2. The first-order valence-corrected chi connectivity index (χ1v) is 8.72. The molecule has 1 aromatic carbocycles. The Hall–Kier alpha value is -0.730. The van der Waals surface area contributed by atoms with Gasteiger partial charge in [-0.25, -0.2) is 4.98 Å². The quantitative estimate of drug-likeness (QED) is 0.684. The molecule has 2 atom stereocenters. The SMILES string of the molecule is CC1CC(C)CC(n2c(CCCl)nc3cc(Cl)ccc32)C1. The molecule has 1 fully saturated rings. The number of fused-ring (bicyclic) bond motifs is 1.